The van der Waals surface area contributed by atoms with E-state index in [9.17, 15) is 4.79 Å². The summed E-state index contributed by atoms with van der Waals surface area (Å²) in [7, 11) is 1.81. The highest BCUT2D eigenvalue weighted by Crippen LogP contribution is 2.24. The SMILES string of the molecule is Cn1nc(-c2ccccc2)cc1C(=O)C(C)(C)C. The molecular weight excluding hydrogens is 224 g/mol. The Hall–Kier alpha value is -1.90. The molecule has 1 aromatic heterocycles. The number of Topliss-reactive ketones (excluding diaryl/α,β-unsaturated/α-hetero) is 1. The van der Waals surface area contributed by atoms with Crippen LogP contribution in [0.25, 0.3) is 11.3 Å². The zero-order valence-electron chi connectivity index (χ0n) is 11.3. The molecule has 1 aromatic carbocycles. The van der Waals surface area contributed by atoms with Crippen molar-refractivity contribution in [1.82, 2.24) is 9.78 Å². The summed E-state index contributed by atoms with van der Waals surface area (Å²) in [6.07, 6.45) is 0. The zero-order chi connectivity index (χ0) is 13.3. The van der Waals surface area contributed by atoms with Gasteiger partial charge in [0.15, 0.2) is 5.78 Å². The van der Waals surface area contributed by atoms with E-state index in [1.165, 1.54) is 0 Å². The minimum Gasteiger partial charge on any atom is -0.292 e. The smallest absolute Gasteiger partial charge is 0.186 e. The summed E-state index contributed by atoms with van der Waals surface area (Å²) in [4.78, 5) is 12.3. The number of aromatic nitrogens is 2. The topological polar surface area (TPSA) is 34.9 Å². The highest BCUT2D eigenvalue weighted by Gasteiger charge is 2.26. The second kappa shape index (κ2) is 4.41. The first-order valence-electron chi connectivity index (χ1n) is 6.04. The van der Waals surface area contributed by atoms with Gasteiger partial charge in [0.05, 0.1) is 5.69 Å². The van der Waals surface area contributed by atoms with Crippen molar-refractivity contribution in [2.45, 2.75) is 20.8 Å². The normalized spacial score (nSPS) is 11.6. The maximum absolute atomic E-state index is 12.3. The lowest BCUT2D eigenvalue weighted by Crippen LogP contribution is -2.22. The Kier molecular flexibility index (Phi) is 3.07. The average molecular weight is 242 g/mol. The molecule has 0 saturated carbocycles. The summed E-state index contributed by atoms with van der Waals surface area (Å²) < 4.78 is 1.66. The van der Waals surface area contributed by atoms with Gasteiger partial charge in [-0.15, -0.1) is 0 Å². The fourth-order valence-electron chi connectivity index (χ4n) is 1.81. The van der Waals surface area contributed by atoms with Crippen LogP contribution in [0.2, 0.25) is 0 Å². The molecule has 0 aliphatic rings. The van der Waals surface area contributed by atoms with Gasteiger partial charge in [0.25, 0.3) is 0 Å². The molecule has 0 aliphatic carbocycles. The van der Waals surface area contributed by atoms with Crippen LogP contribution in [0.15, 0.2) is 36.4 Å². The van der Waals surface area contributed by atoms with Crippen LogP contribution in [-0.4, -0.2) is 15.6 Å². The molecule has 2 aromatic rings. The first-order valence-corrected chi connectivity index (χ1v) is 6.04. The molecular formula is C15H18N2O. The van der Waals surface area contributed by atoms with Gasteiger partial charge in [-0.3, -0.25) is 9.48 Å². The van der Waals surface area contributed by atoms with E-state index in [1.807, 2.05) is 64.2 Å². The van der Waals surface area contributed by atoms with Crippen molar-refractivity contribution in [3.63, 3.8) is 0 Å². The maximum Gasteiger partial charge on any atom is 0.186 e. The number of ketones is 1. The number of aryl methyl sites for hydroxylation is 1. The second-order valence-corrected chi connectivity index (χ2v) is 5.48. The van der Waals surface area contributed by atoms with Crippen LogP contribution in [0.5, 0.6) is 0 Å². The molecule has 0 bridgehead atoms. The molecule has 0 N–H and O–H groups in total. The molecule has 1 heterocycles. The molecule has 0 saturated heterocycles. The van der Waals surface area contributed by atoms with Gasteiger partial charge in [0, 0.05) is 18.0 Å². The van der Waals surface area contributed by atoms with Crippen molar-refractivity contribution in [3.05, 3.63) is 42.1 Å². The molecule has 0 amide bonds. The van der Waals surface area contributed by atoms with Gasteiger partial charge in [-0.1, -0.05) is 51.1 Å². The third-order valence-electron chi connectivity index (χ3n) is 2.86. The summed E-state index contributed by atoms with van der Waals surface area (Å²) in [6, 6.07) is 11.8. The van der Waals surface area contributed by atoms with Crippen LogP contribution in [0, 0.1) is 5.41 Å². The Morgan fingerprint density at radius 1 is 1.17 bits per heavy atom. The lowest BCUT2D eigenvalue weighted by Gasteiger charge is -2.15. The van der Waals surface area contributed by atoms with E-state index in [0.717, 1.165) is 11.3 Å². The second-order valence-electron chi connectivity index (χ2n) is 5.48. The molecule has 2 rings (SSSR count). The molecule has 3 heteroatoms. The number of carbonyl (C=O) groups excluding carboxylic acids is 1. The van der Waals surface area contributed by atoms with Crippen molar-refractivity contribution in [3.8, 4) is 11.3 Å². The van der Waals surface area contributed by atoms with Crippen LogP contribution >= 0.6 is 0 Å². The first-order chi connectivity index (χ1) is 8.39. The van der Waals surface area contributed by atoms with Gasteiger partial charge < -0.3 is 0 Å². The Morgan fingerprint density at radius 2 is 1.78 bits per heavy atom. The van der Waals surface area contributed by atoms with Crippen molar-refractivity contribution < 1.29 is 4.79 Å². The Bertz CT molecular complexity index is 562. The largest absolute Gasteiger partial charge is 0.292 e. The van der Waals surface area contributed by atoms with Crippen LogP contribution in [0.1, 0.15) is 31.3 Å². The number of rotatable bonds is 2. The van der Waals surface area contributed by atoms with Crippen molar-refractivity contribution in [1.29, 1.82) is 0 Å². The van der Waals surface area contributed by atoms with Crippen molar-refractivity contribution in [2.24, 2.45) is 12.5 Å². The molecule has 0 fully saturated rings. The van der Waals surface area contributed by atoms with E-state index < -0.39 is 0 Å². The summed E-state index contributed by atoms with van der Waals surface area (Å²) in [6.45, 7) is 5.76. The fourth-order valence-corrected chi connectivity index (χ4v) is 1.81. The lowest BCUT2D eigenvalue weighted by molar-refractivity contribution is 0.0848. The third kappa shape index (κ3) is 2.35. The van der Waals surface area contributed by atoms with Crippen molar-refractivity contribution >= 4 is 5.78 Å². The Labute approximate surface area is 107 Å². The van der Waals surface area contributed by atoms with Crippen molar-refractivity contribution in [2.75, 3.05) is 0 Å². The van der Waals surface area contributed by atoms with E-state index in [1.54, 1.807) is 4.68 Å². The number of benzene rings is 1. The van der Waals surface area contributed by atoms with E-state index in [0.29, 0.717) is 5.69 Å². The number of hydrogen-bond acceptors (Lipinski definition) is 2. The van der Waals surface area contributed by atoms with Crippen LogP contribution in [0.3, 0.4) is 0 Å². The third-order valence-corrected chi connectivity index (χ3v) is 2.86. The summed E-state index contributed by atoms with van der Waals surface area (Å²) in [5.74, 6) is 0.111. The van der Waals surface area contributed by atoms with Crippen LogP contribution in [-0.2, 0) is 7.05 Å². The predicted molar refractivity (Wildman–Crippen MR) is 72.4 cm³/mol. The molecule has 0 unspecified atom stereocenters. The maximum atomic E-state index is 12.3. The summed E-state index contributed by atoms with van der Waals surface area (Å²) in [5.41, 5.74) is 2.13. The Balaban J connectivity index is 2.43. The van der Waals surface area contributed by atoms with E-state index >= 15 is 0 Å². The van der Waals surface area contributed by atoms with Gasteiger partial charge in [0.2, 0.25) is 0 Å². The summed E-state index contributed by atoms with van der Waals surface area (Å²) >= 11 is 0. The highest BCUT2D eigenvalue weighted by molar-refractivity contribution is 5.99. The lowest BCUT2D eigenvalue weighted by atomic mass is 9.89. The average Bonchev–Trinajstić information content (AvgIpc) is 2.70. The number of carbonyl (C=O) groups is 1. The molecule has 94 valence electrons. The Morgan fingerprint density at radius 3 is 2.33 bits per heavy atom. The molecule has 0 spiro atoms. The molecule has 0 aliphatic heterocycles. The van der Waals surface area contributed by atoms with Gasteiger partial charge in [-0.05, 0) is 6.07 Å². The van der Waals surface area contributed by atoms with E-state index in [-0.39, 0.29) is 11.2 Å². The first kappa shape index (κ1) is 12.6. The monoisotopic (exact) mass is 242 g/mol. The molecule has 3 nitrogen and oxygen atoms in total. The van der Waals surface area contributed by atoms with Crippen LogP contribution in [0.4, 0.5) is 0 Å². The van der Waals surface area contributed by atoms with Gasteiger partial charge in [0.1, 0.15) is 5.69 Å². The number of hydrogen-bond donors (Lipinski definition) is 0. The quantitative estimate of drug-likeness (QED) is 0.757. The molecule has 0 atom stereocenters. The molecule has 18 heavy (non-hydrogen) atoms. The highest BCUT2D eigenvalue weighted by atomic mass is 16.1. The van der Waals surface area contributed by atoms with E-state index in [2.05, 4.69) is 5.10 Å². The standard InChI is InChI=1S/C15H18N2O/c1-15(2,3)14(18)13-10-12(16-17(13)4)11-8-6-5-7-9-11/h5-10H,1-4H3. The predicted octanol–water partition coefficient (Wildman–Crippen LogP) is 3.32. The zero-order valence-corrected chi connectivity index (χ0v) is 11.3. The number of nitrogens with zero attached hydrogens (tertiary/aromatic N) is 2. The molecule has 0 radical (unpaired) electrons. The summed E-state index contributed by atoms with van der Waals surface area (Å²) in [5, 5.41) is 4.41. The minimum atomic E-state index is -0.387. The van der Waals surface area contributed by atoms with Gasteiger partial charge in [-0.25, -0.2) is 0 Å². The fraction of sp³-hybridized carbons (Fsp3) is 0.333. The van der Waals surface area contributed by atoms with Gasteiger partial charge >= 0.3 is 0 Å². The van der Waals surface area contributed by atoms with E-state index in [4.69, 9.17) is 0 Å². The minimum absolute atomic E-state index is 0.111. The van der Waals surface area contributed by atoms with Gasteiger partial charge in [-0.2, -0.15) is 5.10 Å². The van der Waals surface area contributed by atoms with Crippen LogP contribution < -0.4 is 0 Å².